The topological polar surface area (TPSA) is 306 Å². The second-order valence-electron chi connectivity index (χ2n) is 10.2. The Morgan fingerprint density at radius 1 is 0.872 bits per heavy atom. The van der Waals surface area contributed by atoms with Crippen LogP contribution in [0, 0.1) is 0 Å². The van der Waals surface area contributed by atoms with Crippen molar-refractivity contribution < 1.29 is 69.6 Å². The van der Waals surface area contributed by atoms with Crippen LogP contribution in [0.1, 0.15) is 13.3 Å². The fourth-order valence-corrected chi connectivity index (χ4v) is 8.27. The van der Waals surface area contributed by atoms with Crippen LogP contribution in [0.5, 0.6) is 0 Å². The Hall–Kier alpha value is -0.161. The van der Waals surface area contributed by atoms with E-state index in [0.29, 0.717) is 0 Å². The standard InChI is InChI=1S/C21H39N3O14Se/c1-2-8(28)19(5-27)21(33)20(32,39-21)15(24)18(38-19)37-14-7(4-26)35-17(10(23)12(14)30)36-13-6(3-25)34-16(31)9(22)11(13)29/h6-18,25-33H,2-5,22-24H2,1H3/t6-,7-,8?,9-,10-,11-,12-,13?,14?,15-,16-,17+,18+,19-,20-,21+/m1/s1. The number of fused-ring (bicyclic) bond motifs is 1. The maximum absolute atomic E-state index is 11.1. The number of ether oxygens (including phenoxy) is 5. The molecule has 0 amide bonds. The first kappa shape index (κ1) is 31.8. The van der Waals surface area contributed by atoms with Gasteiger partial charge < -0.3 is 15.9 Å². The second-order valence-corrected chi connectivity index (χ2v) is 13.2. The summed E-state index contributed by atoms with van der Waals surface area (Å²) in [4.78, 5) is 0. The SMILES string of the molecule is CCC(O)[C@@]1(CO)O[C@H](OC2[C@@H](CO)O[C@@H](OC3[C@@H](CO)O[C@@H](O)[C@H](N)[C@H]3O)[C@H](N)[C@H]2O)[C@@H](N)[C@@]2(O)[Se][C@@]12O. The Morgan fingerprint density at radius 2 is 1.41 bits per heavy atom. The molecule has 0 aromatic heterocycles. The first-order valence-corrected chi connectivity index (χ1v) is 14.2. The van der Waals surface area contributed by atoms with Crippen LogP contribution in [0.25, 0.3) is 0 Å². The molecular weight excluding hydrogens is 597 g/mol. The van der Waals surface area contributed by atoms with Gasteiger partial charge in [0.2, 0.25) is 0 Å². The molecule has 0 spiro atoms. The van der Waals surface area contributed by atoms with Gasteiger partial charge in [-0.25, -0.2) is 0 Å². The second kappa shape index (κ2) is 11.5. The Bertz CT molecular complexity index is 865. The normalized spacial score (nSPS) is 54.7. The summed E-state index contributed by atoms with van der Waals surface area (Å²) in [5, 5.41) is 93.9. The van der Waals surface area contributed by atoms with Crippen LogP contribution in [-0.2, 0) is 23.7 Å². The van der Waals surface area contributed by atoms with E-state index >= 15 is 0 Å². The fraction of sp³-hybridized carbons (Fsp3) is 1.00. The molecule has 0 aromatic carbocycles. The van der Waals surface area contributed by atoms with Crippen LogP contribution in [0.2, 0.25) is 0 Å². The van der Waals surface area contributed by atoms with Gasteiger partial charge in [0.05, 0.1) is 0 Å². The molecule has 4 heterocycles. The van der Waals surface area contributed by atoms with Crippen LogP contribution < -0.4 is 17.2 Å². The van der Waals surface area contributed by atoms with Gasteiger partial charge in [-0.2, -0.15) is 0 Å². The molecule has 0 aliphatic carbocycles. The Morgan fingerprint density at radius 3 is 1.95 bits per heavy atom. The van der Waals surface area contributed by atoms with E-state index in [0.717, 1.165) is 0 Å². The van der Waals surface area contributed by atoms with E-state index in [9.17, 15) is 46.0 Å². The van der Waals surface area contributed by atoms with Gasteiger partial charge in [0.25, 0.3) is 0 Å². The van der Waals surface area contributed by atoms with Crippen LogP contribution in [0.15, 0.2) is 0 Å². The molecule has 0 radical (unpaired) electrons. The van der Waals surface area contributed by atoms with Crippen LogP contribution in [0.3, 0.4) is 0 Å². The van der Waals surface area contributed by atoms with Crippen molar-refractivity contribution in [2.75, 3.05) is 19.8 Å². The summed E-state index contributed by atoms with van der Waals surface area (Å²) in [6.45, 7) is -0.722. The molecule has 4 saturated heterocycles. The molecule has 39 heavy (non-hydrogen) atoms. The molecule has 0 aromatic rings. The zero-order valence-corrected chi connectivity index (χ0v) is 22.8. The summed E-state index contributed by atoms with van der Waals surface area (Å²) in [6.07, 6.45) is -14.5. The number of nitrogens with two attached hydrogens (primary N) is 3. The number of hydrogen-bond donors (Lipinski definition) is 12. The monoisotopic (exact) mass is 637 g/mol. The third-order valence-electron chi connectivity index (χ3n) is 7.96. The molecule has 0 saturated carbocycles. The van der Waals surface area contributed by atoms with Crippen molar-refractivity contribution in [1.82, 2.24) is 0 Å². The van der Waals surface area contributed by atoms with Gasteiger partial charge in [0.1, 0.15) is 0 Å². The van der Waals surface area contributed by atoms with Gasteiger partial charge in [-0.3, -0.25) is 0 Å². The van der Waals surface area contributed by atoms with Crippen molar-refractivity contribution in [3.8, 4) is 0 Å². The van der Waals surface area contributed by atoms with Crippen molar-refractivity contribution in [2.24, 2.45) is 17.2 Å². The van der Waals surface area contributed by atoms with Crippen molar-refractivity contribution >= 4 is 15.0 Å². The molecule has 0 bridgehead atoms. The minimum atomic E-state index is -2.04. The molecule has 17 nitrogen and oxygen atoms in total. The molecule has 15 N–H and O–H groups in total. The van der Waals surface area contributed by atoms with Gasteiger partial charge in [0, 0.05) is 0 Å². The van der Waals surface area contributed by atoms with Gasteiger partial charge in [-0.05, 0) is 0 Å². The van der Waals surface area contributed by atoms with E-state index in [4.69, 9.17) is 40.9 Å². The Kier molecular flexibility index (Phi) is 9.36. The third kappa shape index (κ3) is 4.88. The van der Waals surface area contributed by atoms with Gasteiger partial charge in [0.15, 0.2) is 6.29 Å². The van der Waals surface area contributed by atoms with E-state index in [1.165, 1.54) is 0 Å². The Labute approximate surface area is 229 Å². The predicted octanol–water partition coefficient (Wildman–Crippen LogP) is -8.16. The summed E-state index contributed by atoms with van der Waals surface area (Å²) in [6, 6.07) is -4.06. The molecule has 3 unspecified atom stereocenters. The number of rotatable bonds is 9. The van der Waals surface area contributed by atoms with Gasteiger partial charge >= 0.3 is 207 Å². The zero-order valence-electron chi connectivity index (χ0n) is 21.0. The van der Waals surface area contributed by atoms with Gasteiger partial charge in [-0.15, -0.1) is 0 Å². The summed E-state index contributed by atoms with van der Waals surface area (Å²) in [5.74, 6) is 0. The van der Waals surface area contributed by atoms with Crippen molar-refractivity contribution in [3.63, 3.8) is 0 Å². The number of hydrogen-bond acceptors (Lipinski definition) is 17. The average Bonchev–Trinajstić information content (AvgIpc) is 3.52. The summed E-state index contributed by atoms with van der Waals surface area (Å²) in [7, 11) is 0. The molecule has 16 atom stereocenters. The van der Waals surface area contributed by atoms with Crippen LogP contribution in [0.4, 0.5) is 0 Å². The number of aliphatic hydroxyl groups excluding tert-OH is 7. The van der Waals surface area contributed by atoms with E-state index < -0.39 is 129 Å². The molecule has 228 valence electrons. The van der Waals surface area contributed by atoms with Gasteiger partial charge in [-0.1, -0.05) is 0 Å². The molecule has 4 fully saturated rings. The minimum absolute atomic E-state index is 0.0432. The summed E-state index contributed by atoms with van der Waals surface area (Å²) < 4.78 is 24.3. The van der Waals surface area contributed by atoms with Crippen molar-refractivity contribution in [1.29, 1.82) is 0 Å². The van der Waals surface area contributed by atoms with E-state index in [-0.39, 0.29) is 6.42 Å². The Balaban J connectivity index is 1.53. The molecular formula is C21H39N3O14Se. The summed E-state index contributed by atoms with van der Waals surface area (Å²) >= 11 is -0.996. The van der Waals surface area contributed by atoms with Crippen LogP contribution in [-0.4, -0.2) is 175 Å². The number of aliphatic hydroxyl groups is 9. The van der Waals surface area contributed by atoms with Crippen molar-refractivity contribution in [2.45, 2.75) is 108 Å². The zero-order chi connectivity index (χ0) is 29.1. The third-order valence-corrected chi connectivity index (χ3v) is 11.4. The first-order chi connectivity index (χ1) is 18.3. The van der Waals surface area contributed by atoms with E-state index in [1.807, 2.05) is 0 Å². The summed E-state index contributed by atoms with van der Waals surface area (Å²) in [5.41, 5.74) is 16.0. The van der Waals surface area contributed by atoms with E-state index in [1.54, 1.807) is 6.92 Å². The predicted molar refractivity (Wildman–Crippen MR) is 126 cm³/mol. The van der Waals surface area contributed by atoms with E-state index in [2.05, 4.69) is 0 Å². The maximum atomic E-state index is 11.1. The first-order valence-electron chi connectivity index (χ1n) is 12.5. The van der Waals surface area contributed by atoms with Crippen molar-refractivity contribution in [3.05, 3.63) is 0 Å². The van der Waals surface area contributed by atoms with Crippen LogP contribution >= 0.6 is 0 Å². The average molecular weight is 637 g/mol. The molecule has 4 aliphatic heterocycles. The molecule has 4 rings (SSSR count). The fourth-order valence-electron chi connectivity index (χ4n) is 5.38. The molecule has 4 aliphatic rings. The molecule has 18 heteroatoms. The quantitative estimate of drug-likeness (QED) is 0.105.